The number of hydrogen-bond acceptors (Lipinski definition) is 6. The number of imidazole rings is 1. The van der Waals surface area contributed by atoms with Crippen LogP contribution in [0.4, 0.5) is 5.69 Å². The molecule has 0 bridgehead atoms. The molecule has 18 heavy (non-hydrogen) atoms. The molecule has 3 heterocycles. The number of H-pyrrole nitrogens is 1. The average Bonchev–Trinajstić information content (AvgIpc) is 2.82. The lowest BCUT2D eigenvalue weighted by molar-refractivity contribution is 1.06. The third kappa shape index (κ3) is 2.04. The van der Waals surface area contributed by atoms with Crippen molar-refractivity contribution in [2.75, 3.05) is 5.73 Å². The van der Waals surface area contributed by atoms with Crippen LogP contribution in [0.3, 0.4) is 0 Å². The van der Waals surface area contributed by atoms with Crippen LogP contribution < -0.4 is 5.73 Å². The maximum atomic E-state index is 5.65. The summed E-state index contributed by atoms with van der Waals surface area (Å²) in [5.41, 5.74) is 7.70. The highest BCUT2D eigenvalue weighted by Gasteiger charge is 2.10. The molecule has 8 heteroatoms. The molecule has 0 amide bonds. The van der Waals surface area contributed by atoms with Gasteiger partial charge in [0.15, 0.2) is 5.65 Å². The number of nitrogens with zero attached hydrogens (tertiary/aromatic N) is 4. The number of halogens is 1. The molecule has 3 N–H and O–H groups in total. The number of nitrogens with one attached hydrogen (secondary N) is 1. The number of nitrogens with two attached hydrogens (primary N) is 1. The fourth-order valence-corrected chi connectivity index (χ4v) is 2.83. The summed E-state index contributed by atoms with van der Waals surface area (Å²) in [5, 5.41) is 1.56. The van der Waals surface area contributed by atoms with Crippen LogP contribution in [-0.4, -0.2) is 24.9 Å². The Bertz CT molecular complexity index is 712. The zero-order chi connectivity index (χ0) is 12.5. The van der Waals surface area contributed by atoms with E-state index in [4.69, 9.17) is 5.73 Å². The van der Waals surface area contributed by atoms with Crippen molar-refractivity contribution in [3.8, 4) is 0 Å². The van der Waals surface area contributed by atoms with E-state index < -0.39 is 0 Å². The summed E-state index contributed by atoms with van der Waals surface area (Å²) in [4.78, 5) is 19.6. The monoisotopic (exact) mass is 322 g/mol. The molecule has 0 unspecified atom stereocenters. The lowest BCUT2D eigenvalue weighted by atomic mass is 10.4. The van der Waals surface area contributed by atoms with Gasteiger partial charge in [0.05, 0.1) is 22.7 Å². The Hall–Kier alpha value is -1.67. The van der Waals surface area contributed by atoms with Gasteiger partial charge in [-0.15, -0.1) is 0 Å². The van der Waals surface area contributed by atoms with Crippen molar-refractivity contribution >= 4 is 44.5 Å². The Morgan fingerprint density at radius 1 is 1.17 bits per heavy atom. The molecule has 0 fully saturated rings. The summed E-state index contributed by atoms with van der Waals surface area (Å²) in [5.74, 6) is 0. The highest BCUT2D eigenvalue weighted by atomic mass is 79.9. The summed E-state index contributed by atoms with van der Waals surface area (Å²) in [7, 11) is 0. The number of aromatic amines is 1. The van der Waals surface area contributed by atoms with Crippen molar-refractivity contribution < 1.29 is 0 Å². The molecule has 0 aliphatic heterocycles. The van der Waals surface area contributed by atoms with E-state index in [1.807, 2.05) is 0 Å². The average molecular weight is 323 g/mol. The van der Waals surface area contributed by atoms with Gasteiger partial charge in [0.25, 0.3) is 0 Å². The third-order valence-electron chi connectivity index (χ3n) is 2.21. The number of hydrogen-bond donors (Lipinski definition) is 2. The number of aromatic nitrogens is 5. The lowest BCUT2D eigenvalue weighted by Gasteiger charge is -2.03. The van der Waals surface area contributed by atoms with E-state index in [9.17, 15) is 0 Å². The maximum Gasteiger partial charge on any atom is 0.181 e. The zero-order valence-corrected chi connectivity index (χ0v) is 11.4. The molecule has 0 radical (unpaired) electrons. The maximum absolute atomic E-state index is 5.65. The van der Waals surface area contributed by atoms with E-state index in [-0.39, 0.29) is 0 Å². The van der Waals surface area contributed by atoms with Crippen molar-refractivity contribution in [1.29, 1.82) is 0 Å². The first-order valence-corrected chi connectivity index (χ1v) is 6.58. The Balaban J connectivity index is 2.03. The Morgan fingerprint density at radius 3 is 2.89 bits per heavy atom. The van der Waals surface area contributed by atoms with Gasteiger partial charge in [-0.1, -0.05) is 0 Å². The van der Waals surface area contributed by atoms with Crippen LogP contribution in [0.5, 0.6) is 0 Å². The number of fused-ring (bicyclic) bond motifs is 1. The van der Waals surface area contributed by atoms with E-state index in [1.165, 1.54) is 18.1 Å². The lowest BCUT2D eigenvalue weighted by Crippen LogP contribution is -1.91. The Labute approximate surface area is 115 Å². The fourth-order valence-electron chi connectivity index (χ4n) is 1.43. The highest BCUT2D eigenvalue weighted by Crippen LogP contribution is 2.33. The second-order valence-corrected chi connectivity index (χ2v) is 5.27. The van der Waals surface area contributed by atoms with Gasteiger partial charge in [0.2, 0.25) is 0 Å². The van der Waals surface area contributed by atoms with Crippen LogP contribution >= 0.6 is 27.7 Å². The third-order valence-corrected chi connectivity index (χ3v) is 4.10. The zero-order valence-electron chi connectivity index (χ0n) is 8.96. The number of anilines is 1. The van der Waals surface area contributed by atoms with E-state index in [2.05, 4.69) is 40.8 Å². The SMILES string of the molecule is Nc1cnc(Sc2ncnc3nc[nH]c23)c(Br)c1. The van der Waals surface area contributed by atoms with Gasteiger partial charge in [-0.2, -0.15) is 0 Å². The first kappa shape index (κ1) is 11.4. The molecule has 6 nitrogen and oxygen atoms in total. The largest absolute Gasteiger partial charge is 0.397 e. The molecule has 0 aliphatic carbocycles. The number of pyridine rings is 1. The molecule has 90 valence electrons. The second kappa shape index (κ2) is 4.54. The molecule has 0 aliphatic rings. The minimum Gasteiger partial charge on any atom is -0.397 e. The first-order chi connectivity index (χ1) is 8.74. The van der Waals surface area contributed by atoms with Gasteiger partial charge in [0.1, 0.15) is 21.9 Å². The van der Waals surface area contributed by atoms with E-state index >= 15 is 0 Å². The molecule has 0 saturated heterocycles. The molecule has 3 rings (SSSR count). The van der Waals surface area contributed by atoms with Crippen LogP contribution in [0.25, 0.3) is 11.2 Å². The van der Waals surface area contributed by atoms with Gasteiger partial charge in [-0.3, -0.25) is 0 Å². The first-order valence-electron chi connectivity index (χ1n) is 4.97. The summed E-state index contributed by atoms with van der Waals surface area (Å²) >= 11 is 4.85. The fraction of sp³-hybridized carbons (Fsp3) is 0. The number of nitrogen functional groups attached to an aromatic ring is 1. The summed E-state index contributed by atoms with van der Waals surface area (Å²) < 4.78 is 0.832. The van der Waals surface area contributed by atoms with Crippen LogP contribution in [0.2, 0.25) is 0 Å². The van der Waals surface area contributed by atoms with E-state index in [0.717, 1.165) is 20.0 Å². The van der Waals surface area contributed by atoms with Gasteiger partial charge >= 0.3 is 0 Å². The van der Waals surface area contributed by atoms with Gasteiger partial charge in [-0.05, 0) is 33.8 Å². The van der Waals surface area contributed by atoms with Gasteiger partial charge in [-0.25, -0.2) is 19.9 Å². The predicted molar refractivity (Wildman–Crippen MR) is 72.2 cm³/mol. The summed E-state index contributed by atoms with van der Waals surface area (Å²) in [6.45, 7) is 0. The van der Waals surface area contributed by atoms with Crippen LogP contribution in [-0.2, 0) is 0 Å². The molecular weight excluding hydrogens is 316 g/mol. The van der Waals surface area contributed by atoms with Crippen molar-refractivity contribution in [3.63, 3.8) is 0 Å². The van der Waals surface area contributed by atoms with Crippen molar-refractivity contribution in [2.45, 2.75) is 10.1 Å². The van der Waals surface area contributed by atoms with E-state index in [1.54, 1.807) is 18.6 Å². The highest BCUT2D eigenvalue weighted by molar-refractivity contribution is 9.10. The minimum atomic E-state index is 0.612. The van der Waals surface area contributed by atoms with Crippen LogP contribution in [0.1, 0.15) is 0 Å². The van der Waals surface area contributed by atoms with Crippen molar-refractivity contribution in [3.05, 3.63) is 29.4 Å². The molecule has 0 spiro atoms. The topological polar surface area (TPSA) is 93.4 Å². The predicted octanol–water partition coefficient (Wildman–Crippen LogP) is 2.24. The summed E-state index contributed by atoms with van der Waals surface area (Å²) in [6, 6.07) is 1.81. The van der Waals surface area contributed by atoms with Crippen molar-refractivity contribution in [1.82, 2.24) is 24.9 Å². The molecular formula is C10H7BrN6S. The molecule has 3 aromatic rings. The normalized spacial score (nSPS) is 10.9. The molecule has 0 saturated carbocycles. The van der Waals surface area contributed by atoms with E-state index in [0.29, 0.717) is 11.3 Å². The number of rotatable bonds is 2. The minimum absolute atomic E-state index is 0.612. The van der Waals surface area contributed by atoms with Crippen molar-refractivity contribution in [2.24, 2.45) is 0 Å². The standard InChI is InChI=1S/C10H7BrN6S/c11-6-1-5(12)2-13-9(6)18-10-7-8(15-3-14-7)16-4-17-10/h1-4H,12H2,(H,14,15,16,17). The van der Waals surface area contributed by atoms with Gasteiger partial charge in [0, 0.05) is 0 Å². The molecule has 0 atom stereocenters. The summed E-state index contributed by atoms with van der Waals surface area (Å²) in [6.07, 6.45) is 4.68. The molecule has 3 aromatic heterocycles. The second-order valence-electron chi connectivity index (χ2n) is 3.44. The van der Waals surface area contributed by atoms with Crippen LogP contribution in [0.15, 0.2) is 39.4 Å². The smallest absolute Gasteiger partial charge is 0.181 e. The van der Waals surface area contributed by atoms with Crippen LogP contribution in [0, 0.1) is 0 Å². The van der Waals surface area contributed by atoms with Gasteiger partial charge < -0.3 is 10.7 Å². The molecule has 0 aromatic carbocycles. The quantitative estimate of drug-likeness (QED) is 0.703. The Kier molecular flexibility index (Phi) is 2.88. The Morgan fingerprint density at radius 2 is 2.06 bits per heavy atom.